The first-order valence-corrected chi connectivity index (χ1v) is 7.94. The number of rotatable bonds is 5. The number of amides is 1. The minimum atomic E-state index is -0.214. The molecule has 1 atom stereocenters. The average Bonchev–Trinajstić information content (AvgIpc) is 3.00. The fourth-order valence-electron chi connectivity index (χ4n) is 2.15. The van der Waals surface area contributed by atoms with Crippen molar-refractivity contribution >= 4 is 29.7 Å². The summed E-state index contributed by atoms with van der Waals surface area (Å²) in [5.41, 5.74) is 1.02. The van der Waals surface area contributed by atoms with Crippen molar-refractivity contribution in [3.8, 4) is 0 Å². The summed E-state index contributed by atoms with van der Waals surface area (Å²) < 4.78 is 4.62. The first-order valence-electron chi connectivity index (χ1n) is 6.89. The van der Waals surface area contributed by atoms with Gasteiger partial charge in [-0.1, -0.05) is 30.3 Å². The zero-order valence-electron chi connectivity index (χ0n) is 12.0. The van der Waals surface area contributed by atoms with Gasteiger partial charge >= 0.3 is 5.97 Å². The molecule has 1 aromatic carbocycles. The summed E-state index contributed by atoms with van der Waals surface area (Å²) in [6.45, 7) is 1.44. The summed E-state index contributed by atoms with van der Waals surface area (Å²) in [5, 5.41) is 0.318. The van der Waals surface area contributed by atoms with Crippen LogP contribution in [-0.2, 0) is 14.3 Å². The number of nitrogens with zero attached hydrogens (tertiary/aromatic N) is 1. The van der Waals surface area contributed by atoms with Gasteiger partial charge in [0.1, 0.15) is 0 Å². The second kappa shape index (κ2) is 7.88. The Balaban J connectivity index is 1.79. The largest absolute Gasteiger partial charge is 0.468 e. The number of carbonyl (C=O) groups excluding carboxylic acids is 2. The first-order chi connectivity index (χ1) is 10.2. The molecule has 1 aliphatic rings. The van der Waals surface area contributed by atoms with Crippen LogP contribution in [0.15, 0.2) is 36.4 Å². The lowest BCUT2D eigenvalue weighted by atomic mass is 10.2. The lowest BCUT2D eigenvalue weighted by Crippen LogP contribution is -2.27. The highest BCUT2D eigenvalue weighted by Gasteiger charge is 2.25. The molecule has 0 spiro atoms. The standard InChI is InChI=1S/C16H19NO3S/c1-20-16(19)12-21-14-9-10-17(11-14)15(18)8-7-13-5-3-2-4-6-13/h2-8,14H,9-12H2,1H3. The highest BCUT2D eigenvalue weighted by atomic mass is 32.2. The van der Waals surface area contributed by atoms with Gasteiger partial charge < -0.3 is 9.64 Å². The molecule has 1 fully saturated rings. The highest BCUT2D eigenvalue weighted by molar-refractivity contribution is 8.00. The number of carbonyl (C=O) groups is 2. The van der Waals surface area contributed by atoms with Crippen molar-refractivity contribution in [2.45, 2.75) is 11.7 Å². The number of thioether (sulfide) groups is 1. The smallest absolute Gasteiger partial charge is 0.315 e. The zero-order chi connectivity index (χ0) is 15.1. The number of ether oxygens (including phenoxy) is 1. The van der Waals surface area contributed by atoms with Crippen LogP contribution in [0.5, 0.6) is 0 Å². The predicted molar refractivity (Wildman–Crippen MR) is 84.9 cm³/mol. The fraction of sp³-hybridized carbons (Fsp3) is 0.375. The van der Waals surface area contributed by atoms with Gasteiger partial charge in [0.25, 0.3) is 0 Å². The summed E-state index contributed by atoms with van der Waals surface area (Å²) in [5.74, 6) is 0.164. The van der Waals surface area contributed by atoms with Gasteiger partial charge in [0.2, 0.25) is 5.91 Å². The molecule has 0 bridgehead atoms. The van der Waals surface area contributed by atoms with E-state index in [1.165, 1.54) is 7.11 Å². The van der Waals surface area contributed by atoms with Crippen molar-refractivity contribution < 1.29 is 14.3 Å². The van der Waals surface area contributed by atoms with Crippen LogP contribution in [-0.4, -0.2) is 48.0 Å². The van der Waals surface area contributed by atoms with Crippen molar-refractivity contribution in [1.29, 1.82) is 0 Å². The molecule has 21 heavy (non-hydrogen) atoms. The summed E-state index contributed by atoms with van der Waals surface area (Å²) in [6, 6.07) is 9.76. The Labute approximate surface area is 129 Å². The molecule has 0 aromatic heterocycles. The van der Waals surface area contributed by atoms with E-state index in [4.69, 9.17) is 0 Å². The van der Waals surface area contributed by atoms with Gasteiger partial charge in [-0.3, -0.25) is 9.59 Å². The third kappa shape index (κ3) is 4.93. The van der Waals surface area contributed by atoms with E-state index in [0.29, 0.717) is 17.5 Å². The Hall–Kier alpha value is -1.75. The molecule has 1 unspecified atom stereocenters. The number of hydrogen-bond donors (Lipinski definition) is 0. The molecule has 1 heterocycles. The zero-order valence-corrected chi connectivity index (χ0v) is 12.8. The Morgan fingerprint density at radius 3 is 2.86 bits per heavy atom. The van der Waals surface area contributed by atoms with Gasteiger partial charge in [-0.05, 0) is 18.1 Å². The fourth-order valence-corrected chi connectivity index (χ4v) is 3.19. The Morgan fingerprint density at radius 1 is 1.38 bits per heavy atom. The van der Waals surface area contributed by atoms with E-state index in [2.05, 4.69) is 4.74 Å². The molecular weight excluding hydrogens is 286 g/mol. The number of methoxy groups -OCH3 is 1. The number of benzene rings is 1. The van der Waals surface area contributed by atoms with Gasteiger partial charge in [-0.25, -0.2) is 0 Å². The van der Waals surface area contributed by atoms with Crippen LogP contribution in [0.4, 0.5) is 0 Å². The Kier molecular flexibility index (Phi) is 5.87. The van der Waals surface area contributed by atoms with E-state index >= 15 is 0 Å². The van der Waals surface area contributed by atoms with Crippen LogP contribution in [0, 0.1) is 0 Å². The van der Waals surface area contributed by atoms with Crippen LogP contribution >= 0.6 is 11.8 Å². The Morgan fingerprint density at radius 2 is 2.14 bits per heavy atom. The molecule has 0 aliphatic carbocycles. The molecule has 5 heteroatoms. The first kappa shape index (κ1) is 15.6. The number of hydrogen-bond acceptors (Lipinski definition) is 4. The van der Waals surface area contributed by atoms with Crippen molar-refractivity contribution in [1.82, 2.24) is 4.90 Å². The minimum absolute atomic E-state index is 0.0278. The van der Waals surface area contributed by atoms with E-state index in [1.54, 1.807) is 17.8 Å². The van der Waals surface area contributed by atoms with Gasteiger partial charge in [0.15, 0.2) is 0 Å². The molecule has 1 aliphatic heterocycles. The number of likely N-dealkylation sites (tertiary alicyclic amines) is 1. The van der Waals surface area contributed by atoms with Crippen molar-refractivity contribution in [3.63, 3.8) is 0 Å². The van der Waals surface area contributed by atoms with Gasteiger partial charge in [-0.15, -0.1) is 11.8 Å². The van der Waals surface area contributed by atoms with Crippen LogP contribution in [0.25, 0.3) is 6.08 Å². The molecule has 0 radical (unpaired) electrons. The van der Waals surface area contributed by atoms with Crippen molar-refractivity contribution in [3.05, 3.63) is 42.0 Å². The lowest BCUT2D eigenvalue weighted by molar-refractivity contribution is -0.137. The third-order valence-electron chi connectivity index (χ3n) is 3.34. The summed E-state index contributed by atoms with van der Waals surface area (Å²) in [7, 11) is 1.39. The molecule has 1 saturated heterocycles. The number of esters is 1. The SMILES string of the molecule is COC(=O)CSC1CCN(C(=O)C=Cc2ccccc2)C1. The second-order valence-electron chi connectivity index (χ2n) is 4.83. The Bertz CT molecular complexity index is 516. The topological polar surface area (TPSA) is 46.6 Å². The maximum atomic E-state index is 12.1. The molecule has 2 rings (SSSR count). The van der Waals surface area contributed by atoms with Gasteiger partial charge in [0, 0.05) is 24.4 Å². The quantitative estimate of drug-likeness (QED) is 0.618. The monoisotopic (exact) mass is 305 g/mol. The molecule has 1 aromatic rings. The normalized spacial score (nSPS) is 18.1. The van der Waals surface area contributed by atoms with Gasteiger partial charge in [-0.2, -0.15) is 0 Å². The lowest BCUT2D eigenvalue weighted by Gasteiger charge is -2.13. The van der Waals surface area contributed by atoms with E-state index in [0.717, 1.165) is 18.5 Å². The van der Waals surface area contributed by atoms with Crippen molar-refractivity contribution in [2.75, 3.05) is 26.0 Å². The van der Waals surface area contributed by atoms with Crippen LogP contribution in [0.3, 0.4) is 0 Å². The van der Waals surface area contributed by atoms with Crippen LogP contribution in [0.2, 0.25) is 0 Å². The molecule has 4 nitrogen and oxygen atoms in total. The summed E-state index contributed by atoms with van der Waals surface area (Å²) >= 11 is 1.56. The second-order valence-corrected chi connectivity index (χ2v) is 6.11. The minimum Gasteiger partial charge on any atom is -0.468 e. The maximum Gasteiger partial charge on any atom is 0.315 e. The van der Waals surface area contributed by atoms with E-state index in [-0.39, 0.29) is 11.9 Å². The third-order valence-corrected chi connectivity index (χ3v) is 4.60. The summed E-state index contributed by atoms with van der Waals surface area (Å²) in [6.07, 6.45) is 4.37. The van der Waals surface area contributed by atoms with Crippen LogP contribution < -0.4 is 0 Å². The predicted octanol–water partition coefficient (Wildman–Crippen LogP) is 2.21. The molecule has 112 valence electrons. The average molecular weight is 305 g/mol. The van der Waals surface area contributed by atoms with E-state index in [9.17, 15) is 9.59 Å². The molecule has 1 amide bonds. The molecule has 0 N–H and O–H groups in total. The van der Waals surface area contributed by atoms with Crippen LogP contribution in [0.1, 0.15) is 12.0 Å². The summed E-state index contributed by atoms with van der Waals surface area (Å²) in [4.78, 5) is 25.0. The van der Waals surface area contributed by atoms with Crippen molar-refractivity contribution in [2.24, 2.45) is 0 Å². The van der Waals surface area contributed by atoms with E-state index < -0.39 is 0 Å². The van der Waals surface area contributed by atoms with E-state index in [1.807, 2.05) is 41.3 Å². The highest BCUT2D eigenvalue weighted by Crippen LogP contribution is 2.23. The maximum absolute atomic E-state index is 12.1. The molecular formula is C16H19NO3S. The molecule has 0 saturated carbocycles. The van der Waals surface area contributed by atoms with Gasteiger partial charge in [0.05, 0.1) is 12.9 Å².